The first kappa shape index (κ1) is 16.1. The van der Waals surface area contributed by atoms with Crippen LogP contribution >= 0.6 is 15.9 Å². The summed E-state index contributed by atoms with van der Waals surface area (Å²) in [7, 11) is 0. The standard InChI is InChI=1S/C17H19BrFNO/c1-12-2-5-14(6-3-12)17(10-20,11-21)9-13-4-7-15(19)8-16(13)18/h2-8,21H,9-11,20H2,1H3. The Bertz CT molecular complexity index is 609. The maximum Gasteiger partial charge on any atom is 0.124 e. The number of benzene rings is 2. The molecule has 2 aromatic carbocycles. The van der Waals surface area contributed by atoms with Gasteiger partial charge in [-0.25, -0.2) is 4.39 Å². The van der Waals surface area contributed by atoms with Crippen LogP contribution < -0.4 is 5.73 Å². The fraction of sp³-hybridized carbons (Fsp3) is 0.294. The van der Waals surface area contributed by atoms with Gasteiger partial charge < -0.3 is 10.8 Å². The number of hydrogen-bond donors (Lipinski definition) is 2. The van der Waals surface area contributed by atoms with Crippen molar-refractivity contribution in [3.8, 4) is 0 Å². The second kappa shape index (κ2) is 6.69. The summed E-state index contributed by atoms with van der Waals surface area (Å²) < 4.78 is 13.9. The van der Waals surface area contributed by atoms with Crippen LogP contribution in [0.2, 0.25) is 0 Å². The molecule has 2 rings (SSSR count). The van der Waals surface area contributed by atoms with E-state index < -0.39 is 5.41 Å². The third-order valence-corrected chi connectivity index (χ3v) is 4.64. The van der Waals surface area contributed by atoms with E-state index in [1.807, 2.05) is 31.2 Å². The maximum absolute atomic E-state index is 13.2. The van der Waals surface area contributed by atoms with Crippen LogP contribution in [0.4, 0.5) is 4.39 Å². The zero-order chi connectivity index (χ0) is 15.5. The lowest BCUT2D eigenvalue weighted by Crippen LogP contribution is -2.41. The van der Waals surface area contributed by atoms with Gasteiger partial charge in [-0.1, -0.05) is 51.8 Å². The van der Waals surface area contributed by atoms with Crippen molar-refractivity contribution in [3.05, 3.63) is 69.4 Å². The molecule has 0 aromatic heterocycles. The Morgan fingerprint density at radius 2 is 1.86 bits per heavy atom. The average molecular weight is 352 g/mol. The summed E-state index contributed by atoms with van der Waals surface area (Å²) in [6.45, 7) is 2.27. The van der Waals surface area contributed by atoms with Gasteiger partial charge in [0.15, 0.2) is 0 Å². The fourth-order valence-corrected chi connectivity index (χ4v) is 2.93. The largest absolute Gasteiger partial charge is 0.395 e. The lowest BCUT2D eigenvalue weighted by molar-refractivity contribution is 0.196. The van der Waals surface area contributed by atoms with Crippen molar-refractivity contribution in [1.29, 1.82) is 0 Å². The summed E-state index contributed by atoms with van der Waals surface area (Å²) >= 11 is 3.38. The number of rotatable bonds is 5. The second-order valence-corrected chi connectivity index (χ2v) is 6.28. The molecule has 0 aliphatic rings. The molecule has 0 fully saturated rings. The van der Waals surface area contributed by atoms with E-state index in [2.05, 4.69) is 15.9 Å². The molecule has 1 unspecified atom stereocenters. The monoisotopic (exact) mass is 351 g/mol. The molecule has 0 amide bonds. The molecule has 0 bridgehead atoms. The Morgan fingerprint density at radius 3 is 2.38 bits per heavy atom. The van der Waals surface area contributed by atoms with Crippen molar-refractivity contribution >= 4 is 15.9 Å². The molecule has 0 aliphatic heterocycles. The smallest absolute Gasteiger partial charge is 0.124 e. The lowest BCUT2D eigenvalue weighted by Gasteiger charge is -2.32. The van der Waals surface area contributed by atoms with Crippen molar-refractivity contribution < 1.29 is 9.50 Å². The van der Waals surface area contributed by atoms with Gasteiger partial charge in [-0.15, -0.1) is 0 Å². The Hall–Kier alpha value is -1.23. The molecule has 2 aromatic rings. The van der Waals surface area contributed by atoms with E-state index in [9.17, 15) is 9.50 Å². The lowest BCUT2D eigenvalue weighted by atomic mass is 9.76. The third-order valence-electron chi connectivity index (χ3n) is 3.90. The van der Waals surface area contributed by atoms with E-state index in [1.54, 1.807) is 6.07 Å². The van der Waals surface area contributed by atoms with Crippen LogP contribution in [0, 0.1) is 12.7 Å². The highest BCUT2D eigenvalue weighted by Gasteiger charge is 2.31. The molecular formula is C17H19BrFNO. The minimum Gasteiger partial charge on any atom is -0.395 e. The van der Waals surface area contributed by atoms with Crippen LogP contribution in [-0.2, 0) is 11.8 Å². The van der Waals surface area contributed by atoms with Crippen molar-refractivity contribution in [2.45, 2.75) is 18.8 Å². The topological polar surface area (TPSA) is 46.2 Å². The molecule has 0 radical (unpaired) electrons. The zero-order valence-electron chi connectivity index (χ0n) is 11.9. The number of aryl methyl sites for hydroxylation is 1. The van der Waals surface area contributed by atoms with Crippen LogP contribution in [0.1, 0.15) is 16.7 Å². The molecule has 4 heteroatoms. The van der Waals surface area contributed by atoms with Crippen LogP contribution in [0.25, 0.3) is 0 Å². The summed E-state index contributed by atoms with van der Waals surface area (Å²) in [5, 5.41) is 9.94. The number of hydrogen-bond acceptors (Lipinski definition) is 2. The summed E-state index contributed by atoms with van der Waals surface area (Å²) in [6.07, 6.45) is 0.546. The molecule has 3 N–H and O–H groups in total. The van der Waals surface area contributed by atoms with Crippen LogP contribution in [-0.4, -0.2) is 18.3 Å². The summed E-state index contributed by atoms with van der Waals surface area (Å²) in [5.74, 6) is -0.289. The van der Waals surface area contributed by atoms with Crippen molar-refractivity contribution in [2.75, 3.05) is 13.2 Å². The summed E-state index contributed by atoms with van der Waals surface area (Å²) in [5.41, 5.74) is 8.49. The molecule has 112 valence electrons. The van der Waals surface area contributed by atoms with Crippen LogP contribution in [0.5, 0.6) is 0 Å². The van der Waals surface area contributed by atoms with Crippen LogP contribution in [0.15, 0.2) is 46.9 Å². The quantitative estimate of drug-likeness (QED) is 0.867. The van der Waals surface area contributed by atoms with Gasteiger partial charge in [0.2, 0.25) is 0 Å². The van der Waals surface area contributed by atoms with E-state index in [-0.39, 0.29) is 12.4 Å². The van der Waals surface area contributed by atoms with Crippen molar-refractivity contribution in [2.24, 2.45) is 5.73 Å². The van der Waals surface area contributed by atoms with Gasteiger partial charge in [-0.2, -0.15) is 0 Å². The maximum atomic E-state index is 13.2. The highest BCUT2D eigenvalue weighted by Crippen LogP contribution is 2.31. The highest BCUT2D eigenvalue weighted by atomic mass is 79.9. The molecule has 1 atom stereocenters. The molecule has 0 saturated heterocycles. The van der Waals surface area contributed by atoms with Gasteiger partial charge in [-0.3, -0.25) is 0 Å². The number of aliphatic hydroxyl groups is 1. The van der Waals surface area contributed by atoms with Crippen molar-refractivity contribution in [1.82, 2.24) is 0 Å². The predicted octanol–water partition coefficient (Wildman–Crippen LogP) is 3.33. The number of nitrogens with two attached hydrogens (primary N) is 1. The first-order valence-electron chi connectivity index (χ1n) is 6.83. The van der Waals surface area contributed by atoms with E-state index in [0.29, 0.717) is 17.4 Å². The number of aliphatic hydroxyl groups excluding tert-OH is 1. The SMILES string of the molecule is Cc1ccc(C(CN)(CO)Cc2ccc(F)cc2Br)cc1. The molecule has 0 aliphatic carbocycles. The Balaban J connectivity index is 2.40. The van der Waals surface area contributed by atoms with Gasteiger partial charge in [-0.05, 0) is 36.6 Å². The highest BCUT2D eigenvalue weighted by molar-refractivity contribution is 9.10. The third kappa shape index (κ3) is 3.51. The first-order chi connectivity index (χ1) is 10.0. The minimum absolute atomic E-state index is 0.0591. The van der Waals surface area contributed by atoms with Gasteiger partial charge in [0.25, 0.3) is 0 Å². The zero-order valence-corrected chi connectivity index (χ0v) is 13.5. The van der Waals surface area contributed by atoms with E-state index in [4.69, 9.17) is 5.73 Å². The van der Waals surface area contributed by atoms with Gasteiger partial charge >= 0.3 is 0 Å². The van der Waals surface area contributed by atoms with Crippen LogP contribution in [0.3, 0.4) is 0 Å². The van der Waals surface area contributed by atoms with Crippen molar-refractivity contribution in [3.63, 3.8) is 0 Å². The Morgan fingerprint density at radius 1 is 1.19 bits per heavy atom. The predicted molar refractivity (Wildman–Crippen MR) is 86.8 cm³/mol. The Kier molecular flexibility index (Phi) is 5.14. The van der Waals surface area contributed by atoms with E-state index >= 15 is 0 Å². The number of halogens is 2. The summed E-state index contributed by atoms with van der Waals surface area (Å²) in [6, 6.07) is 12.6. The molecule has 0 heterocycles. The molecule has 0 saturated carbocycles. The molecule has 0 spiro atoms. The fourth-order valence-electron chi connectivity index (χ4n) is 2.44. The molecule has 2 nitrogen and oxygen atoms in total. The van der Waals surface area contributed by atoms with E-state index in [0.717, 1.165) is 16.7 Å². The molecular weight excluding hydrogens is 333 g/mol. The Labute approximate surface area is 132 Å². The normalized spacial score (nSPS) is 14.0. The minimum atomic E-state index is -0.561. The van der Waals surface area contributed by atoms with Gasteiger partial charge in [0, 0.05) is 16.4 Å². The van der Waals surface area contributed by atoms with Gasteiger partial charge in [0.05, 0.1) is 6.61 Å². The average Bonchev–Trinajstić information content (AvgIpc) is 2.48. The van der Waals surface area contributed by atoms with E-state index in [1.165, 1.54) is 12.1 Å². The first-order valence-corrected chi connectivity index (χ1v) is 7.62. The summed E-state index contributed by atoms with van der Waals surface area (Å²) in [4.78, 5) is 0. The second-order valence-electron chi connectivity index (χ2n) is 5.42. The molecule has 21 heavy (non-hydrogen) atoms. The van der Waals surface area contributed by atoms with Gasteiger partial charge in [0.1, 0.15) is 5.82 Å².